The molecule has 3 aromatic rings. The summed E-state index contributed by atoms with van der Waals surface area (Å²) in [5, 5.41) is 13.6. The number of methoxy groups -OCH3 is 1. The Labute approximate surface area is 206 Å². The molecule has 0 aliphatic rings. The van der Waals surface area contributed by atoms with Crippen molar-refractivity contribution in [2.45, 2.75) is 4.90 Å². The molecule has 1 amide bonds. The van der Waals surface area contributed by atoms with E-state index in [1.807, 2.05) is 0 Å². The molecule has 0 radical (unpaired) electrons. The summed E-state index contributed by atoms with van der Waals surface area (Å²) in [4.78, 5) is 30.5. The second kappa shape index (κ2) is 10.5. The third-order valence-corrected chi connectivity index (χ3v) is 7.04. The number of nitro benzene ring substituents is 1. The van der Waals surface area contributed by atoms with Gasteiger partial charge in [0.1, 0.15) is 18.0 Å². The number of ether oxygens (including phenoxy) is 1. The van der Waals surface area contributed by atoms with Gasteiger partial charge in [-0.15, -0.1) is 0 Å². The fraction of sp³-hybridized carbons (Fsp3) is 0.150. The van der Waals surface area contributed by atoms with Crippen molar-refractivity contribution in [2.75, 3.05) is 34.3 Å². The SMILES string of the molecule is COc1ccc([N+](=O)[O-])cc1N(CC(=O)Nc1ccc(S(=O)(=O)Nc2ncccn2)cc1)S(C)(=O)=O. The average Bonchev–Trinajstić information content (AvgIpc) is 2.82. The van der Waals surface area contributed by atoms with Crippen LogP contribution in [0.3, 0.4) is 0 Å². The van der Waals surface area contributed by atoms with Gasteiger partial charge in [-0.05, 0) is 36.4 Å². The number of anilines is 3. The summed E-state index contributed by atoms with van der Waals surface area (Å²) in [7, 11) is -6.81. The lowest BCUT2D eigenvalue weighted by molar-refractivity contribution is -0.384. The van der Waals surface area contributed by atoms with E-state index in [9.17, 15) is 31.7 Å². The Hall–Kier alpha value is -4.31. The van der Waals surface area contributed by atoms with Crippen molar-refractivity contribution in [3.05, 3.63) is 71.0 Å². The molecule has 0 aliphatic heterocycles. The van der Waals surface area contributed by atoms with Gasteiger partial charge in [-0.25, -0.2) is 31.5 Å². The van der Waals surface area contributed by atoms with Crippen molar-refractivity contribution in [3.8, 4) is 5.75 Å². The van der Waals surface area contributed by atoms with E-state index in [4.69, 9.17) is 4.74 Å². The Morgan fingerprint density at radius 2 is 1.72 bits per heavy atom. The van der Waals surface area contributed by atoms with Gasteiger partial charge in [0.15, 0.2) is 0 Å². The first-order chi connectivity index (χ1) is 16.9. The maximum absolute atomic E-state index is 12.6. The molecule has 0 bridgehead atoms. The van der Waals surface area contributed by atoms with Gasteiger partial charge in [0.25, 0.3) is 15.7 Å². The maximum atomic E-state index is 12.6. The largest absolute Gasteiger partial charge is 0.495 e. The predicted octanol–water partition coefficient (Wildman–Crippen LogP) is 1.60. The summed E-state index contributed by atoms with van der Waals surface area (Å²) in [6.07, 6.45) is 3.57. The molecule has 0 unspecified atom stereocenters. The van der Waals surface area contributed by atoms with Crippen molar-refractivity contribution >= 4 is 49.0 Å². The molecule has 2 aromatic carbocycles. The van der Waals surface area contributed by atoms with E-state index in [1.54, 1.807) is 0 Å². The number of carbonyl (C=O) groups excluding carboxylic acids is 1. The highest BCUT2D eigenvalue weighted by Gasteiger charge is 2.26. The number of hydrogen-bond acceptors (Lipinski definition) is 10. The molecule has 0 saturated heterocycles. The summed E-state index contributed by atoms with van der Waals surface area (Å²) >= 11 is 0. The first-order valence-corrected chi connectivity index (χ1v) is 13.2. The van der Waals surface area contributed by atoms with Crippen LogP contribution in [0.25, 0.3) is 0 Å². The third-order valence-electron chi connectivity index (χ3n) is 4.57. The average molecular weight is 537 g/mol. The van der Waals surface area contributed by atoms with Crippen LogP contribution in [0.15, 0.2) is 65.8 Å². The number of carbonyl (C=O) groups is 1. The highest BCUT2D eigenvalue weighted by molar-refractivity contribution is 7.92. The molecular formula is C20H20N6O8S2. The monoisotopic (exact) mass is 536 g/mol. The molecule has 0 fully saturated rings. The molecule has 16 heteroatoms. The van der Waals surface area contributed by atoms with Crippen molar-refractivity contribution in [1.29, 1.82) is 0 Å². The first kappa shape index (κ1) is 26.3. The van der Waals surface area contributed by atoms with Crippen molar-refractivity contribution in [1.82, 2.24) is 9.97 Å². The van der Waals surface area contributed by atoms with Gasteiger partial charge in [-0.2, -0.15) is 0 Å². The van der Waals surface area contributed by atoms with E-state index in [0.717, 1.165) is 18.4 Å². The van der Waals surface area contributed by atoms with Gasteiger partial charge in [-0.3, -0.25) is 19.2 Å². The fourth-order valence-corrected chi connectivity index (χ4v) is 4.76. The van der Waals surface area contributed by atoms with Crippen LogP contribution < -0.4 is 19.1 Å². The Morgan fingerprint density at radius 3 is 2.28 bits per heavy atom. The number of nitrogens with zero attached hydrogens (tertiary/aromatic N) is 4. The smallest absolute Gasteiger partial charge is 0.271 e. The zero-order valence-corrected chi connectivity index (χ0v) is 20.5. The fourth-order valence-electron chi connectivity index (χ4n) is 2.95. The van der Waals surface area contributed by atoms with Gasteiger partial charge in [0.05, 0.1) is 23.2 Å². The van der Waals surface area contributed by atoms with Gasteiger partial charge < -0.3 is 10.1 Å². The molecule has 0 saturated carbocycles. The summed E-state index contributed by atoms with van der Waals surface area (Å²) in [6.45, 7) is -0.733. The van der Waals surface area contributed by atoms with Crippen LogP contribution >= 0.6 is 0 Å². The minimum Gasteiger partial charge on any atom is -0.495 e. The topological polar surface area (TPSA) is 191 Å². The molecule has 3 rings (SSSR count). The molecule has 0 spiro atoms. The summed E-state index contributed by atoms with van der Waals surface area (Å²) in [6, 6.07) is 9.91. The lowest BCUT2D eigenvalue weighted by Gasteiger charge is -2.23. The number of hydrogen-bond donors (Lipinski definition) is 2. The second-order valence-electron chi connectivity index (χ2n) is 7.13. The van der Waals surface area contributed by atoms with E-state index in [0.29, 0.717) is 4.31 Å². The number of sulfonamides is 2. The minimum absolute atomic E-state index is 0.00304. The Balaban J connectivity index is 1.79. The Bertz CT molecular complexity index is 1480. The van der Waals surface area contributed by atoms with E-state index >= 15 is 0 Å². The van der Waals surface area contributed by atoms with Crippen LogP contribution in [0.1, 0.15) is 0 Å². The van der Waals surface area contributed by atoms with E-state index in [2.05, 4.69) is 20.0 Å². The normalized spacial score (nSPS) is 11.4. The molecular weight excluding hydrogens is 516 g/mol. The van der Waals surface area contributed by atoms with E-state index in [1.165, 1.54) is 55.9 Å². The number of non-ortho nitro benzene ring substituents is 1. The Kier molecular flexibility index (Phi) is 7.69. The molecule has 2 N–H and O–H groups in total. The van der Waals surface area contributed by atoms with Gasteiger partial charge >= 0.3 is 0 Å². The number of benzene rings is 2. The van der Waals surface area contributed by atoms with E-state index in [-0.39, 0.29) is 28.0 Å². The minimum atomic E-state index is -4.07. The van der Waals surface area contributed by atoms with Crippen LogP contribution in [0, 0.1) is 10.1 Å². The molecule has 36 heavy (non-hydrogen) atoms. The lowest BCUT2D eigenvalue weighted by atomic mass is 10.2. The first-order valence-electron chi connectivity index (χ1n) is 9.90. The highest BCUT2D eigenvalue weighted by atomic mass is 32.2. The zero-order chi connectivity index (χ0) is 26.5. The highest BCUT2D eigenvalue weighted by Crippen LogP contribution is 2.33. The molecule has 0 aliphatic carbocycles. The van der Waals surface area contributed by atoms with Crippen molar-refractivity contribution in [3.63, 3.8) is 0 Å². The molecule has 1 aromatic heterocycles. The number of aromatic nitrogens is 2. The summed E-state index contributed by atoms with van der Waals surface area (Å²) < 4.78 is 57.7. The van der Waals surface area contributed by atoms with Gasteiger partial charge in [-0.1, -0.05) is 0 Å². The summed E-state index contributed by atoms with van der Waals surface area (Å²) in [5.41, 5.74) is -0.416. The van der Waals surface area contributed by atoms with Crippen LogP contribution in [-0.2, 0) is 24.8 Å². The van der Waals surface area contributed by atoms with Crippen LogP contribution in [0.5, 0.6) is 5.75 Å². The summed E-state index contributed by atoms with van der Waals surface area (Å²) in [5.74, 6) is -0.906. The maximum Gasteiger partial charge on any atom is 0.271 e. The number of amides is 1. The van der Waals surface area contributed by atoms with Crippen LogP contribution in [-0.4, -0.2) is 57.5 Å². The molecule has 1 heterocycles. The molecule has 190 valence electrons. The Morgan fingerprint density at radius 1 is 1.08 bits per heavy atom. The predicted molar refractivity (Wildman–Crippen MR) is 130 cm³/mol. The standard InChI is InChI=1S/C20H20N6O8S2/c1-34-18-9-6-15(26(28)29)12-17(18)25(35(2,30)31)13-19(27)23-14-4-7-16(8-5-14)36(32,33)24-20-21-10-3-11-22-20/h3-12H,13H2,1-2H3,(H,23,27)(H,21,22,24). The third kappa shape index (κ3) is 6.42. The van der Waals surface area contributed by atoms with Gasteiger partial charge in [0, 0.05) is 30.2 Å². The van der Waals surface area contributed by atoms with Crippen molar-refractivity contribution in [2.24, 2.45) is 0 Å². The van der Waals surface area contributed by atoms with Crippen LogP contribution in [0.4, 0.5) is 23.0 Å². The van der Waals surface area contributed by atoms with Gasteiger partial charge in [0.2, 0.25) is 21.9 Å². The molecule has 14 nitrogen and oxygen atoms in total. The van der Waals surface area contributed by atoms with E-state index < -0.39 is 43.1 Å². The second-order valence-corrected chi connectivity index (χ2v) is 10.7. The van der Waals surface area contributed by atoms with Crippen LogP contribution in [0.2, 0.25) is 0 Å². The van der Waals surface area contributed by atoms with Crippen molar-refractivity contribution < 1.29 is 31.3 Å². The zero-order valence-electron chi connectivity index (χ0n) is 18.9. The molecule has 0 atom stereocenters. The lowest BCUT2D eigenvalue weighted by Crippen LogP contribution is -2.37. The quantitative estimate of drug-likeness (QED) is 0.284. The number of nitrogens with one attached hydrogen (secondary N) is 2. The number of nitro groups is 1. The number of rotatable bonds is 10.